The van der Waals surface area contributed by atoms with Crippen LogP contribution in [0.3, 0.4) is 0 Å². The van der Waals surface area contributed by atoms with E-state index >= 15 is 0 Å². The number of carbonyl (C=O) groups excluding carboxylic acids is 2. The molecule has 0 bridgehead atoms. The summed E-state index contributed by atoms with van der Waals surface area (Å²) in [6, 6.07) is 11.0. The summed E-state index contributed by atoms with van der Waals surface area (Å²) in [5.41, 5.74) is 7.33. The van der Waals surface area contributed by atoms with Gasteiger partial charge in [-0.05, 0) is 24.6 Å². The fourth-order valence-electron chi connectivity index (χ4n) is 3.11. The van der Waals surface area contributed by atoms with E-state index in [9.17, 15) is 14.4 Å². The highest BCUT2D eigenvalue weighted by molar-refractivity contribution is 7.99. The minimum absolute atomic E-state index is 0.0519. The summed E-state index contributed by atoms with van der Waals surface area (Å²) in [5, 5.41) is 2.87. The highest BCUT2D eigenvalue weighted by Crippen LogP contribution is 2.32. The van der Waals surface area contributed by atoms with E-state index in [0.29, 0.717) is 15.4 Å². The summed E-state index contributed by atoms with van der Waals surface area (Å²) in [4.78, 5) is 42.7. The number of hydrogen-bond acceptors (Lipinski definition) is 7. The van der Waals surface area contributed by atoms with Gasteiger partial charge in [-0.25, -0.2) is 4.98 Å². The highest BCUT2D eigenvalue weighted by Gasteiger charge is 2.18. The van der Waals surface area contributed by atoms with Crippen molar-refractivity contribution in [3.63, 3.8) is 0 Å². The molecular weight excluding hydrogens is 460 g/mol. The number of nitrogens with zero attached hydrogens (tertiary/aromatic N) is 2. The molecule has 4 aromatic rings. The average molecular weight is 481 g/mol. The van der Waals surface area contributed by atoms with Gasteiger partial charge in [0.25, 0.3) is 5.56 Å². The molecule has 0 aliphatic rings. The van der Waals surface area contributed by atoms with E-state index in [-0.39, 0.29) is 23.6 Å². The van der Waals surface area contributed by atoms with Crippen molar-refractivity contribution in [3.05, 3.63) is 82.4 Å². The van der Waals surface area contributed by atoms with Crippen LogP contribution in [0.25, 0.3) is 21.3 Å². The Balaban J connectivity index is 1.55. The fraction of sp³-hybridized carbons (Fsp3) is 0.130. The Bertz CT molecular complexity index is 1370. The number of fused-ring (bicyclic) bond motifs is 1. The van der Waals surface area contributed by atoms with Gasteiger partial charge in [0.2, 0.25) is 5.91 Å². The van der Waals surface area contributed by atoms with Crippen LogP contribution in [-0.4, -0.2) is 27.1 Å². The number of aromatic nitrogens is 2. The first-order valence-electron chi connectivity index (χ1n) is 9.93. The first kappa shape index (κ1) is 22.6. The molecule has 8 nitrogen and oxygen atoms in total. The summed E-state index contributed by atoms with van der Waals surface area (Å²) >= 11 is 2.49. The maximum Gasteiger partial charge on any atom is 0.305 e. The number of benzene rings is 1. The van der Waals surface area contributed by atoms with Crippen LogP contribution in [0.2, 0.25) is 0 Å². The second-order valence-corrected chi connectivity index (χ2v) is 8.86. The Morgan fingerprint density at radius 1 is 1.24 bits per heavy atom. The lowest BCUT2D eigenvalue weighted by molar-refractivity contribution is -0.119. The number of allylic oxidation sites excluding steroid dienone is 1. The molecule has 168 valence electrons. The molecule has 0 unspecified atom stereocenters. The van der Waals surface area contributed by atoms with Crippen molar-refractivity contribution in [1.29, 1.82) is 0 Å². The van der Waals surface area contributed by atoms with Crippen molar-refractivity contribution < 1.29 is 14.0 Å². The lowest BCUT2D eigenvalue weighted by atomic mass is 10.1. The van der Waals surface area contributed by atoms with E-state index in [1.54, 1.807) is 12.1 Å². The van der Waals surface area contributed by atoms with Crippen molar-refractivity contribution >= 4 is 45.1 Å². The fourth-order valence-corrected chi connectivity index (χ4v) is 4.91. The zero-order valence-electron chi connectivity index (χ0n) is 17.7. The maximum atomic E-state index is 13.4. The first-order valence-corrected chi connectivity index (χ1v) is 11.8. The Morgan fingerprint density at radius 2 is 2.03 bits per heavy atom. The minimum Gasteiger partial charge on any atom is -0.459 e. The van der Waals surface area contributed by atoms with Crippen molar-refractivity contribution in [2.24, 2.45) is 0 Å². The number of aryl methyl sites for hydroxylation is 1. The molecule has 2 amide bonds. The zero-order valence-corrected chi connectivity index (χ0v) is 19.3. The lowest BCUT2D eigenvalue weighted by Gasteiger charge is -2.11. The summed E-state index contributed by atoms with van der Waals surface area (Å²) in [7, 11) is 0. The van der Waals surface area contributed by atoms with E-state index in [2.05, 4.69) is 22.4 Å². The van der Waals surface area contributed by atoms with Crippen LogP contribution in [0.15, 0.2) is 75.1 Å². The van der Waals surface area contributed by atoms with Crippen LogP contribution < -0.4 is 16.4 Å². The molecule has 0 fully saturated rings. The molecule has 0 spiro atoms. The third-order valence-electron chi connectivity index (χ3n) is 4.73. The molecule has 10 heteroatoms. The number of hydrogen-bond donors (Lipinski definition) is 2. The monoisotopic (exact) mass is 480 g/mol. The Morgan fingerprint density at radius 3 is 2.73 bits per heavy atom. The molecule has 4 rings (SSSR count). The Hall–Kier alpha value is -3.63. The van der Waals surface area contributed by atoms with Gasteiger partial charge < -0.3 is 4.42 Å². The molecular formula is C23H20N4O4S2. The van der Waals surface area contributed by atoms with E-state index in [0.717, 1.165) is 28.5 Å². The smallest absolute Gasteiger partial charge is 0.305 e. The van der Waals surface area contributed by atoms with Crippen molar-refractivity contribution in [2.45, 2.75) is 18.6 Å². The molecule has 1 aromatic carbocycles. The van der Waals surface area contributed by atoms with Gasteiger partial charge in [0.15, 0.2) is 10.9 Å². The first-order chi connectivity index (χ1) is 16.0. The molecule has 0 saturated carbocycles. The van der Waals surface area contributed by atoms with E-state index in [4.69, 9.17) is 4.42 Å². The Kier molecular flexibility index (Phi) is 6.76. The van der Waals surface area contributed by atoms with Gasteiger partial charge in [0, 0.05) is 17.5 Å². The van der Waals surface area contributed by atoms with Crippen LogP contribution in [0.1, 0.15) is 16.1 Å². The van der Waals surface area contributed by atoms with E-state index in [1.807, 2.05) is 36.6 Å². The largest absolute Gasteiger partial charge is 0.459 e. The topological polar surface area (TPSA) is 106 Å². The van der Waals surface area contributed by atoms with Crippen LogP contribution in [0, 0.1) is 6.92 Å². The summed E-state index contributed by atoms with van der Waals surface area (Å²) < 4.78 is 6.47. The second-order valence-electron chi connectivity index (χ2n) is 7.06. The molecule has 0 aliphatic heterocycles. The number of thiophene rings is 1. The third-order valence-corrected chi connectivity index (χ3v) is 6.57. The van der Waals surface area contributed by atoms with Crippen molar-refractivity contribution in [3.8, 4) is 11.1 Å². The van der Waals surface area contributed by atoms with Gasteiger partial charge >= 0.3 is 5.91 Å². The van der Waals surface area contributed by atoms with E-state index < -0.39 is 11.8 Å². The number of thioether (sulfide) groups is 1. The molecule has 3 heterocycles. The minimum atomic E-state index is -0.566. The van der Waals surface area contributed by atoms with Gasteiger partial charge in [-0.1, -0.05) is 47.7 Å². The number of carbonyl (C=O) groups is 2. The van der Waals surface area contributed by atoms with Crippen molar-refractivity contribution in [2.75, 3.05) is 5.75 Å². The lowest BCUT2D eigenvalue weighted by Crippen LogP contribution is -2.42. The summed E-state index contributed by atoms with van der Waals surface area (Å²) in [5.74, 6) is -0.990. The molecule has 0 aliphatic carbocycles. The van der Waals surface area contributed by atoms with Crippen molar-refractivity contribution in [1.82, 2.24) is 20.4 Å². The SMILES string of the molecule is C=CCn1c(SCC(=O)NNC(=O)c2ccco2)nc2scc(-c3ccc(C)cc3)c2c1=O. The van der Waals surface area contributed by atoms with Gasteiger partial charge in [0.1, 0.15) is 4.83 Å². The number of hydrazine groups is 1. The van der Waals surface area contributed by atoms with Crippen LogP contribution in [0.4, 0.5) is 0 Å². The number of amides is 2. The predicted molar refractivity (Wildman–Crippen MR) is 129 cm³/mol. The van der Waals surface area contributed by atoms with Crippen LogP contribution >= 0.6 is 23.1 Å². The quantitative estimate of drug-likeness (QED) is 0.181. The second kappa shape index (κ2) is 9.88. The molecule has 33 heavy (non-hydrogen) atoms. The van der Waals surface area contributed by atoms with E-state index in [1.165, 1.54) is 28.2 Å². The summed E-state index contributed by atoms with van der Waals surface area (Å²) in [6.45, 7) is 6.00. The van der Waals surface area contributed by atoms with Gasteiger partial charge in [-0.2, -0.15) is 0 Å². The maximum absolute atomic E-state index is 13.4. The Labute approximate surface area is 197 Å². The van der Waals surface area contributed by atoms with Gasteiger partial charge in [0.05, 0.1) is 17.4 Å². The predicted octanol–water partition coefficient (Wildman–Crippen LogP) is 3.77. The van der Waals surface area contributed by atoms with Gasteiger partial charge in [-0.3, -0.25) is 29.8 Å². The molecule has 2 N–H and O–H groups in total. The van der Waals surface area contributed by atoms with Crippen LogP contribution in [0.5, 0.6) is 0 Å². The van der Waals surface area contributed by atoms with Gasteiger partial charge in [-0.15, -0.1) is 17.9 Å². The average Bonchev–Trinajstić information content (AvgIpc) is 3.49. The highest BCUT2D eigenvalue weighted by atomic mass is 32.2. The molecule has 0 saturated heterocycles. The number of nitrogens with one attached hydrogen (secondary N) is 2. The summed E-state index contributed by atoms with van der Waals surface area (Å²) in [6.07, 6.45) is 2.97. The third kappa shape index (κ3) is 4.91. The normalized spacial score (nSPS) is 10.8. The number of rotatable bonds is 7. The molecule has 3 aromatic heterocycles. The molecule has 0 radical (unpaired) electrons. The molecule has 0 atom stereocenters. The standard InChI is InChI=1S/C23H20N4O4S2/c1-3-10-27-22(30)19-16(15-8-6-14(2)7-9-15)12-32-21(19)24-23(27)33-13-18(28)25-26-20(29)17-5-4-11-31-17/h3-9,11-12H,1,10,13H2,2H3,(H,25,28)(H,26,29). The zero-order chi connectivity index (χ0) is 23.4. The number of furan rings is 1. The van der Waals surface area contributed by atoms with Crippen LogP contribution in [-0.2, 0) is 11.3 Å².